The van der Waals surface area contributed by atoms with Crippen LogP contribution in [-0.2, 0) is 0 Å². The Hall–Kier alpha value is -0.0800. The van der Waals surface area contributed by atoms with E-state index in [9.17, 15) is 0 Å². The van der Waals surface area contributed by atoms with Crippen molar-refractivity contribution in [2.24, 2.45) is 11.7 Å². The summed E-state index contributed by atoms with van der Waals surface area (Å²) < 4.78 is 0. The van der Waals surface area contributed by atoms with Gasteiger partial charge in [0.05, 0.1) is 0 Å². The summed E-state index contributed by atoms with van der Waals surface area (Å²) in [4.78, 5) is 2.80. The van der Waals surface area contributed by atoms with E-state index in [0.717, 1.165) is 5.92 Å². The van der Waals surface area contributed by atoms with Crippen molar-refractivity contribution in [3.8, 4) is 0 Å². The van der Waals surface area contributed by atoms with Crippen molar-refractivity contribution in [2.75, 3.05) is 13.1 Å². The molecule has 17 heavy (non-hydrogen) atoms. The maximum Gasteiger partial charge on any atom is 0.0363 e. The van der Waals surface area contributed by atoms with Crippen LogP contribution in [0.5, 0.6) is 0 Å². The first-order valence-corrected chi connectivity index (χ1v) is 7.84. The molecule has 1 aliphatic heterocycles. The molecule has 2 nitrogen and oxygen atoms in total. The van der Waals surface area contributed by atoms with Gasteiger partial charge in [-0.3, -0.25) is 4.90 Å². The van der Waals surface area contributed by atoms with Gasteiger partial charge in [-0.1, -0.05) is 25.7 Å². The van der Waals surface area contributed by atoms with Crippen LogP contribution in [0.3, 0.4) is 0 Å². The molecule has 3 fully saturated rings. The van der Waals surface area contributed by atoms with Crippen LogP contribution in [0.1, 0.15) is 64.2 Å². The number of rotatable bonds is 3. The molecule has 0 amide bonds. The van der Waals surface area contributed by atoms with E-state index in [4.69, 9.17) is 5.73 Å². The predicted molar refractivity (Wildman–Crippen MR) is 71.9 cm³/mol. The Balaban J connectivity index is 1.75. The summed E-state index contributed by atoms with van der Waals surface area (Å²) >= 11 is 0. The van der Waals surface area contributed by atoms with E-state index in [2.05, 4.69) is 4.90 Å². The Morgan fingerprint density at radius 3 is 2.06 bits per heavy atom. The molecule has 1 heterocycles. The molecule has 0 aromatic heterocycles. The number of piperidine rings is 1. The quantitative estimate of drug-likeness (QED) is 0.816. The second-order valence-electron chi connectivity index (χ2n) is 6.58. The van der Waals surface area contributed by atoms with Crippen molar-refractivity contribution in [1.82, 2.24) is 4.90 Å². The highest BCUT2D eigenvalue weighted by atomic mass is 15.2. The summed E-state index contributed by atoms with van der Waals surface area (Å²) in [5, 5.41) is 0. The van der Waals surface area contributed by atoms with Crippen LogP contribution in [0.4, 0.5) is 0 Å². The van der Waals surface area contributed by atoms with E-state index < -0.39 is 0 Å². The number of likely N-dealkylation sites (tertiary alicyclic amines) is 1. The zero-order valence-corrected chi connectivity index (χ0v) is 11.2. The molecular weight excluding hydrogens is 208 g/mol. The lowest BCUT2D eigenvalue weighted by molar-refractivity contribution is 0.0164. The minimum Gasteiger partial charge on any atom is -0.326 e. The number of nitrogens with zero attached hydrogens (tertiary/aromatic N) is 1. The van der Waals surface area contributed by atoms with Crippen molar-refractivity contribution in [3.63, 3.8) is 0 Å². The first kappa shape index (κ1) is 12.0. The smallest absolute Gasteiger partial charge is 0.0363 e. The van der Waals surface area contributed by atoms with E-state index in [0.29, 0.717) is 11.6 Å². The standard InChI is InChI=1S/C15H28N2/c16-14(13-7-6-8-13)15(9-2-3-10-15)17-11-4-1-5-12-17/h13-14H,1-12,16H2. The summed E-state index contributed by atoms with van der Waals surface area (Å²) in [6.45, 7) is 2.64. The zero-order valence-electron chi connectivity index (χ0n) is 11.2. The van der Waals surface area contributed by atoms with Gasteiger partial charge >= 0.3 is 0 Å². The normalized spacial score (nSPS) is 32.3. The van der Waals surface area contributed by atoms with Gasteiger partial charge in [0, 0.05) is 11.6 Å². The van der Waals surface area contributed by atoms with Gasteiger partial charge in [-0.15, -0.1) is 0 Å². The van der Waals surface area contributed by atoms with Crippen LogP contribution >= 0.6 is 0 Å². The van der Waals surface area contributed by atoms with Gasteiger partial charge < -0.3 is 5.73 Å². The number of nitrogens with two attached hydrogens (primary N) is 1. The second-order valence-corrected chi connectivity index (χ2v) is 6.58. The topological polar surface area (TPSA) is 29.3 Å². The fourth-order valence-corrected chi connectivity index (χ4v) is 4.42. The molecule has 1 atom stereocenters. The predicted octanol–water partition coefficient (Wildman–Crippen LogP) is 2.91. The number of hydrogen-bond acceptors (Lipinski definition) is 2. The lowest BCUT2D eigenvalue weighted by Crippen LogP contribution is -2.63. The third kappa shape index (κ3) is 2.04. The third-order valence-corrected chi connectivity index (χ3v) is 5.73. The van der Waals surface area contributed by atoms with Gasteiger partial charge in [0.1, 0.15) is 0 Å². The molecule has 2 aliphatic carbocycles. The van der Waals surface area contributed by atoms with Crippen LogP contribution in [-0.4, -0.2) is 29.6 Å². The van der Waals surface area contributed by atoms with Crippen LogP contribution in [0.15, 0.2) is 0 Å². The van der Waals surface area contributed by atoms with Crippen LogP contribution in [0, 0.1) is 5.92 Å². The Kier molecular flexibility index (Phi) is 3.45. The third-order valence-electron chi connectivity index (χ3n) is 5.73. The Morgan fingerprint density at radius 2 is 1.53 bits per heavy atom. The van der Waals surface area contributed by atoms with Crippen LogP contribution in [0.2, 0.25) is 0 Å². The first-order chi connectivity index (χ1) is 8.33. The van der Waals surface area contributed by atoms with Gasteiger partial charge in [-0.05, 0) is 57.5 Å². The highest BCUT2D eigenvalue weighted by molar-refractivity contribution is 5.06. The van der Waals surface area contributed by atoms with Gasteiger partial charge in [0.25, 0.3) is 0 Å². The molecule has 0 bridgehead atoms. The monoisotopic (exact) mass is 236 g/mol. The van der Waals surface area contributed by atoms with Gasteiger partial charge in [-0.2, -0.15) is 0 Å². The van der Waals surface area contributed by atoms with Crippen molar-refractivity contribution in [2.45, 2.75) is 75.8 Å². The van der Waals surface area contributed by atoms with Gasteiger partial charge in [-0.25, -0.2) is 0 Å². The molecule has 1 unspecified atom stereocenters. The largest absolute Gasteiger partial charge is 0.326 e. The highest BCUT2D eigenvalue weighted by Crippen LogP contribution is 2.44. The zero-order chi connectivity index (χ0) is 11.7. The Labute approximate surface area is 106 Å². The van der Waals surface area contributed by atoms with Crippen molar-refractivity contribution in [3.05, 3.63) is 0 Å². The summed E-state index contributed by atoms with van der Waals surface area (Å²) in [6.07, 6.45) is 14.1. The van der Waals surface area contributed by atoms with E-state index in [1.54, 1.807) is 0 Å². The van der Waals surface area contributed by atoms with Gasteiger partial charge in [0.2, 0.25) is 0 Å². The Bertz CT molecular complexity index is 244. The van der Waals surface area contributed by atoms with Gasteiger partial charge in [0.15, 0.2) is 0 Å². The number of hydrogen-bond donors (Lipinski definition) is 1. The molecule has 3 rings (SSSR count). The molecule has 1 saturated heterocycles. The molecule has 98 valence electrons. The SMILES string of the molecule is NC(C1CCC1)C1(N2CCCCC2)CCCC1. The van der Waals surface area contributed by atoms with E-state index in [1.807, 2.05) is 0 Å². The molecule has 2 saturated carbocycles. The summed E-state index contributed by atoms with van der Waals surface area (Å²) in [5.41, 5.74) is 7.12. The summed E-state index contributed by atoms with van der Waals surface area (Å²) in [7, 11) is 0. The molecule has 0 aromatic rings. The average molecular weight is 236 g/mol. The minimum absolute atomic E-state index is 0.408. The summed E-state index contributed by atoms with van der Waals surface area (Å²) in [5.74, 6) is 0.843. The molecule has 2 N–H and O–H groups in total. The van der Waals surface area contributed by atoms with Crippen LogP contribution in [0.25, 0.3) is 0 Å². The lowest BCUT2D eigenvalue weighted by Gasteiger charge is -2.51. The van der Waals surface area contributed by atoms with Crippen LogP contribution < -0.4 is 5.73 Å². The minimum atomic E-state index is 0.408. The molecule has 0 spiro atoms. The molecule has 3 aliphatic rings. The molecule has 2 heteroatoms. The van der Waals surface area contributed by atoms with E-state index in [1.165, 1.54) is 77.3 Å². The average Bonchev–Trinajstić information content (AvgIpc) is 2.78. The second kappa shape index (κ2) is 4.89. The van der Waals surface area contributed by atoms with Crippen molar-refractivity contribution >= 4 is 0 Å². The van der Waals surface area contributed by atoms with E-state index >= 15 is 0 Å². The summed E-state index contributed by atoms with van der Waals surface area (Å²) in [6, 6.07) is 0.469. The highest BCUT2D eigenvalue weighted by Gasteiger charge is 2.48. The van der Waals surface area contributed by atoms with Crippen molar-refractivity contribution in [1.29, 1.82) is 0 Å². The lowest BCUT2D eigenvalue weighted by atomic mass is 9.70. The Morgan fingerprint density at radius 1 is 0.882 bits per heavy atom. The molecule has 0 radical (unpaired) electrons. The maximum atomic E-state index is 6.71. The fraction of sp³-hybridized carbons (Fsp3) is 1.00. The first-order valence-electron chi connectivity index (χ1n) is 7.84. The molecule has 0 aromatic carbocycles. The maximum absolute atomic E-state index is 6.71. The fourth-order valence-electron chi connectivity index (χ4n) is 4.42. The molecular formula is C15H28N2. The van der Waals surface area contributed by atoms with E-state index in [-0.39, 0.29) is 0 Å². The van der Waals surface area contributed by atoms with Crippen molar-refractivity contribution < 1.29 is 0 Å².